The first-order valence-corrected chi connectivity index (χ1v) is 20.1. The summed E-state index contributed by atoms with van der Waals surface area (Å²) in [5.74, 6) is -0.180. The molecule has 8 aromatic rings. The first-order valence-electron chi connectivity index (χ1n) is 19.3. The van der Waals surface area contributed by atoms with Crippen LogP contribution in [0.2, 0.25) is 0 Å². The van der Waals surface area contributed by atoms with Gasteiger partial charge in [-0.15, -0.1) is 11.3 Å². The summed E-state index contributed by atoms with van der Waals surface area (Å²) in [5, 5.41) is 9.89. The summed E-state index contributed by atoms with van der Waals surface area (Å²) < 4.78 is 0. The van der Waals surface area contributed by atoms with E-state index in [-0.39, 0.29) is 11.8 Å². The van der Waals surface area contributed by atoms with E-state index in [2.05, 4.69) is 122 Å². The van der Waals surface area contributed by atoms with E-state index < -0.39 is 0 Å². The Morgan fingerprint density at radius 1 is 0.576 bits per heavy atom. The molecular formula is C47H47N9O2S. The van der Waals surface area contributed by atoms with Crippen LogP contribution in [0.5, 0.6) is 0 Å². The maximum Gasteiger partial charge on any atom is 0.276 e. The van der Waals surface area contributed by atoms with Crippen LogP contribution in [0.25, 0.3) is 44.1 Å². The van der Waals surface area contributed by atoms with Gasteiger partial charge < -0.3 is 15.1 Å². The third kappa shape index (κ3) is 11.0. The summed E-state index contributed by atoms with van der Waals surface area (Å²) in [6.45, 7) is 5.79. The molecule has 2 amide bonds. The van der Waals surface area contributed by atoms with E-state index in [4.69, 9.17) is 0 Å². The van der Waals surface area contributed by atoms with Crippen molar-refractivity contribution in [2.24, 2.45) is 0 Å². The van der Waals surface area contributed by atoms with Gasteiger partial charge in [-0.2, -0.15) is 0 Å². The van der Waals surface area contributed by atoms with Gasteiger partial charge in [-0.25, -0.2) is 19.9 Å². The summed E-state index contributed by atoms with van der Waals surface area (Å²) >= 11 is 1.38. The van der Waals surface area contributed by atoms with Gasteiger partial charge in [0.05, 0.1) is 17.2 Å². The van der Waals surface area contributed by atoms with Crippen LogP contribution >= 0.6 is 11.3 Å². The molecule has 298 valence electrons. The molecule has 0 fully saturated rings. The molecule has 59 heavy (non-hydrogen) atoms. The van der Waals surface area contributed by atoms with Crippen molar-refractivity contribution in [3.63, 3.8) is 0 Å². The summed E-state index contributed by atoms with van der Waals surface area (Å²) in [6, 6.07) is 36.3. The van der Waals surface area contributed by atoms with Crippen molar-refractivity contribution in [2.45, 2.75) is 26.9 Å². The molecule has 0 radical (unpaired) electrons. The van der Waals surface area contributed by atoms with Crippen LogP contribution in [0.4, 0.5) is 10.9 Å². The normalized spacial score (nSPS) is 10.8. The molecule has 12 heteroatoms. The zero-order valence-corrected chi connectivity index (χ0v) is 34.9. The molecule has 0 aliphatic rings. The van der Waals surface area contributed by atoms with Crippen molar-refractivity contribution in [2.75, 3.05) is 38.8 Å². The van der Waals surface area contributed by atoms with Crippen LogP contribution in [0, 0.1) is 0 Å². The highest BCUT2D eigenvalue weighted by atomic mass is 32.1. The number of rotatable bonds is 10. The van der Waals surface area contributed by atoms with Crippen LogP contribution in [-0.4, -0.2) is 74.7 Å². The third-order valence-electron chi connectivity index (χ3n) is 8.89. The molecule has 0 saturated heterocycles. The Morgan fingerprint density at radius 3 is 1.53 bits per heavy atom. The van der Waals surface area contributed by atoms with Crippen molar-refractivity contribution in [1.82, 2.24) is 34.7 Å². The second-order valence-electron chi connectivity index (χ2n) is 13.9. The number of pyridine rings is 2. The highest BCUT2D eigenvalue weighted by molar-refractivity contribution is 7.13. The first kappa shape index (κ1) is 41.9. The van der Waals surface area contributed by atoms with E-state index in [0.717, 1.165) is 57.1 Å². The van der Waals surface area contributed by atoms with Crippen LogP contribution in [0.3, 0.4) is 0 Å². The molecule has 4 aromatic carbocycles. The fraction of sp³-hybridized carbons (Fsp3) is 0.170. The number of hydrogen-bond acceptors (Lipinski definition) is 10. The number of anilines is 2. The van der Waals surface area contributed by atoms with Crippen molar-refractivity contribution in [1.29, 1.82) is 0 Å². The molecule has 4 aromatic heterocycles. The highest BCUT2D eigenvalue weighted by Gasteiger charge is 2.14. The minimum absolute atomic E-state index is 0.256. The third-order valence-corrected chi connectivity index (χ3v) is 9.58. The lowest BCUT2D eigenvalue weighted by Crippen LogP contribution is -2.14. The predicted molar refractivity (Wildman–Crippen MR) is 241 cm³/mol. The van der Waals surface area contributed by atoms with Crippen molar-refractivity contribution >= 4 is 55.9 Å². The number of benzene rings is 4. The van der Waals surface area contributed by atoms with Crippen molar-refractivity contribution in [3.8, 4) is 22.3 Å². The Labute approximate surface area is 348 Å². The van der Waals surface area contributed by atoms with E-state index in [9.17, 15) is 9.59 Å². The van der Waals surface area contributed by atoms with Crippen molar-refractivity contribution < 1.29 is 9.59 Å². The average Bonchev–Trinajstić information content (AvgIpc) is 3.77. The lowest BCUT2D eigenvalue weighted by Gasteiger charge is -2.11. The number of nitrogens with zero attached hydrogens (tertiary/aromatic N) is 7. The standard InChI is InChI=1S/C23H21N5O.C22H20N4OS.C2H6/c1-28(2)15-16-6-8-17(9-7-16)19-5-3-4-18-10-11-20(26-22(18)19)23(29)27-21-14-24-12-13-25-21;1-26(2)14-15-6-8-16(9-7-15)18-5-3-4-17-10-11-19(24-20(17)18)21(27)25-22-23-12-13-28-22;1-2/h3-14H,15H2,1-2H3,(H,25,27,29);3-13H,14H2,1-2H3,(H,23,25,27);1-2H3. The van der Waals surface area contributed by atoms with Crippen LogP contribution in [-0.2, 0) is 13.1 Å². The fourth-order valence-electron chi connectivity index (χ4n) is 6.31. The van der Waals surface area contributed by atoms with E-state index in [0.29, 0.717) is 22.3 Å². The van der Waals surface area contributed by atoms with Crippen molar-refractivity contribution in [3.05, 3.63) is 162 Å². The highest BCUT2D eigenvalue weighted by Crippen LogP contribution is 2.30. The van der Waals surface area contributed by atoms with Gasteiger partial charge in [0.25, 0.3) is 11.8 Å². The number of para-hydroxylation sites is 2. The molecule has 0 atom stereocenters. The van der Waals surface area contributed by atoms with Gasteiger partial charge in [-0.05, 0) is 62.6 Å². The number of carbonyl (C=O) groups excluding carboxylic acids is 2. The Hall–Kier alpha value is -6.73. The van der Waals surface area contributed by atoms with E-state index >= 15 is 0 Å². The summed E-state index contributed by atoms with van der Waals surface area (Å²) in [4.78, 5) is 50.9. The number of carbonyl (C=O) groups is 2. The molecule has 0 unspecified atom stereocenters. The van der Waals surface area contributed by atoms with Crippen LogP contribution in [0.1, 0.15) is 46.0 Å². The van der Waals surface area contributed by atoms with Gasteiger partial charge >= 0.3 is 0 Å². The number of nitrogens with one attached hydrogen (secondary N) is 2. The largest absolute Gasteiger partial charge is 0.305 e. The van der Waals surface area contributed by atoms with Crippen LogP contribution in [0.15, 0.2) is 139 Å². The van der Waals surface area contributed by atoms with Gasteiger partial charge in [0.15, 0.2) is 10.9 Å². The zero-order valence-electron chi connectivity index (χ0n) is 34.0. The molecule has 0 saturated carbocycles. The number of amides is 2. The quantitative estimate of drug-likeness (QED) is 0.139. The molecule has 4 heterocycles. The SMILES string of the molecule is CC.CN(C)Cc1ccc(-c2cccc3ccc(C(=O)Nc4cnccn4)nc23)cc1.CN(C)Cc1ccc(-c2cccc3ccc(C(=O)Nc4nccs4)nc23)cc1. The maximum atomic E-state index is 12.6. The molecule has 11 nitrogen and oxygen atoms in total. The Kier molecular flexibility index (Phi) is 14.3. The maximum absolute atomic E-state index is 12.6. The summed E-state index contributed by atoms with van der Waals surface area (Å²) in [7, 11) is 8.22. The van der Waals surface area contributed by atoms with E-state index in [1.54, 1.807) is 24.5 Å². The Bertz CT molecular complexity index is 2620. The molecule has 0 bridgehead atoms. The minimum Gasteiger partial charge on any atom is -0.305 e. The number of aromatic nitrogens is 5. The second kappa shape index (κ2) is 20.1. The van der Waals surface area contributed by atoms with E-state index in [1.165, 1.54) is 34.9 Å². The summed E-state index contributed by atoms with van der Waals surface area (Å²) in [5.41, 5.74) is 8.97. The van der Waals surface area contributed by atoms with Gasteiger partial charge in [0, 0.05) is 59.0 Å². The van der Waals surface area contributed by atoms with Gasteiger partial charge in [0.2, 0.25) is 0 Å². The number of thiazole rings is 1. The monoisotopic (exact) mass is 801 g/mol. The van der Waals surface area contributed by atoms with Gasteiger partial charge in [0.1, 0.15) is 11.4 Å². The fourth-order valence-corrected chi connectivity index (χ4v) is 6.84. The first-order chi connectivity index (χ1) is 28.7. The topological polar surface area (TPSA) is 129 Å². The molecule has 0 aliphatic carbocycles. The molecule has 0 spiro atoms. The number of hydrogen-bond donors (Lipinski definition) is 2. The summed E-state index contributed by atoms with van der Waals surface area (Å²) in [6.07, 6.45) is 6.24. The lowest BCUT2D eigenvalue weighted by atomic mass is 10.0. The van der Waals surface area contributed by atoms with Crippen LogP contribution < -0.4 is 10.6 Å². The molecule has 2 N–H and O–H groups in total. The lowest BCUT2D eigenvalue weighted by molar-refractivity contribution is 0.101. The Balaban J connectivity index is 0.000000191. The second-order valence-corrected chi connectivity index (χ2v) is 14.7. The minimum atomic E-state index is -0.316. The van der Waals surface area contributed by atoms with Gasteiger partial charge in [-0.3, -0.25) is 19.9 Å². The van der Waals surface area contributed by atoms with Gasteiger partial charge in [-0.1, -0.05) is 111 Å². The van der Waals surface area contributed by atoms with E-state index in [1.807, 2.05) is 67.8 Å². The molecule has 8 rings (SSSR count). The molecular weight excluding hydrogens is 755 g/mol. The smallest absolute Gasteiger partial charge is 0.276 e. The Morgan fingerprint density at radius 2 is 1.08 bits per heavy atom. The molecule has 0 aliphatic heterocycles. The average molecular weight is 802 g/mol. The predicted octanol–water partition coefficient (Wildman–Crippen LogP) is 9.70. The zero-order chi connectivity index (χ0) is 41.7. The number of fused-ring (bicyclic) bond motifs is 2.